The maximum Gasteiger partial charge on any atom is 0.338 e. The van der Waals surface area contributed by atoms with Crippen molar-refractivity contribution in [2.24, 2.45) is 4.99 Å². The van der Waals surface area contributed by atoms with Gasteiger partial charge < -0.3 is 14.0 Å². The summed E-state index contributed by atoms with van der Waals surface area (Å²) in [7, 11) is 1.58. The number of nitrogens with zero attached hydrogens (tertiary/aromatic N) is 3. The summed E-state index contributed by atoms with van der Waals surface area (Å²) >= 11 is 4.84. The van der Waals surface area contributed by atoms with Crippen LogP contribution in [0, 0.1) is 12.7 Å². The first-order valence-corrected chi connectivity index (χ1v) is 15.7. The second-order valence-corrected chi connectivity index (χ2v) is 12.3. The van der Waals surface area contributed by atoms with E-state index >= 15 is 0 Å². The average molecular weight is 675 g/mol. The monoisotopic (exact) mass is 673 g/mol. The SMILES string of the molecule is CCOC(=O)C1=C(C)N=c2s/c(=C/c3c(C)n(Cc4ccc(F)cc4)c4ccccc34)c(=O)n2[C@H]1c1ccc(OC)c(Br)c1. The predicted molar refractivity (Wildman–Crippen MR) is 173 cm³/mol. The standard InChI is InChI=1S/C34H29BrFN3O4S/c1-5-43-33(41)30-19(2)37-34-39(31(30)22-12-15-28(42-4)26(35)16-22)32(40)29(44-34)17-25-20(3)38(27-9-7-6-8-24(25)27)18-21-10-13-23(36)14-11-21/h6-17,31H,5,18H2,1-4H3/b29-17+/t31-/m0/s1. The minimum Gasteiger partial charge on any atom is -0.496 e. The highest BCUT2D eigenvalue weighted by Crippen LogP contribution is 2.35. The van der Waals surface area contributed by atoms with Crippen LogP contribution in [0.5, 0.6) is 5.75 Å². The lowest BCUT2D eigenvalue weighted by Gasteiger charge is -2.25. The quantitative estimate of drug-likeness (QED) is 0.198. The number of benzene rings is 3. The van der Waals surface area contributed by atoms with Crippen molar-refractivity contribution in [2.45, 2.75) is 33.4 Å². The zero-order valence-electron chi connectivity index (χ0n) is 24.6. The van der Waals surface area contributed by atoms with E-state index in [-0.39, 0.29) is 18.0 Å². The second-order valence-electron chi connectivity index (χ2n) is 10.4. The van der Waals surface area contributed by atoms with Crippen molar-refractivity contribution in [1.82, 2.24) is 9.13 Å². The van der Waals surface area contributed by atoms with Gasteiger partial charge in [0, 0.05) is 28.7 Å². The summed E-state index contributed by atoms with van der Waals surface area (Å²) in [5.41, 5.74) is 5.14. The molecule has 44 heavy (non-hydrogen) atoms. The number of thiazole rings is 1. The van der Waals surface area contributed by atoms with Gasteiger partial charge in [0.25, 0.3) is 5.56 Å². The fraction of sp³-hybridized carbons (Fsp3) is 0.206. The molecular weight excluding hydrogens is 645 g/mol. The Hall–Kier alpha value is -4.28. The maximum atomic E-state index is 14.2. The normalized spacial score (nSPS) is 15.0. The van der Waals surface area contributed by atoms with Crippen molar-refractivity contribution in [3.05, 3.63) is 130 Å². The number of carbonyl (C=O) groups excluding carboxylic acids is 1. The first-order chi connectivity index (χ1) is 21.2. The first-order valence-electron chi connectivity index (χ1n) is 14.1. The number of rotatable bonds is 7. The predicted octanol–water partition coefficient (Wildman–Crippen LogP) is 6.02. The number of ether oxygens (including phenoxy) is 2. The number of fused-ring (bicyclic) bond motifs is 2. The molecule has 224 valence electrons. The highest BCUT2D eigenvalue weighted by atomic mass is 79.9. The van der Waals surface area contributed by atoms with Gasteiger partial charge in [-0.05, 0) is 84.2 Å². The number of esters is 1. The van der Waals surface area contributed by atoms with E-state index < -0.39 is 12.0 Å². The van der Waals surface area contributed by atoms with Crippen molar-refractivity contribution in [3.63, 3.8) is 0 Å². The molecule has 0 aliphatic carbocycles. The minimum absolute atomic E-state index is 0.195. The Kier molecular flexibility index (Phi) is 8.13. The molecule has 0 unspecified atom stereocenters. The highest BCUT2D eigenvalue weighted by Gasteiger charge is 2.33. The van der Waals surface area contributed by atoms with E-state index in [0.29, 0.717) is 37.4 Å². The number of allylic oxidation sites excluding steroid dienone is 1. The fourth-order valence-electron chi connectivity index (χ4n) is 5.71. The Morgan fingerprint density at radius 3 is 2.57 bits per heavy atom. The van der Waals surface area contributed by atoms with Gasteiger partial charge in [-0.2, -0.15) is 0 Å². The molecule has 0 spiro atoms. The van der Waals surface area contributed by atoms with Crippen LogP contribution < -0.4 is 19.6 Å². The number of methoxy groups -OCH3 is 1. The number of aromatic nitrogens is 2. The Labute approximate surface area is 265 Å². The molecule has 1 atom stereocenters. The topological polar surface area (TPSA) is 74.8 Å². The van der Waals surface area contributed by atoms with E-state index in [9.17, 15) is 14.0 Å². The van der Waals surface area contributed by atoms with Gasteiger partial charge in [0.05, 0.1) is 40.0 Å². The Morgan fingerprint density at radius 2 is 1.86 bits per heavy atom. The lowest BCUT2D eigenvalue weighted by atomic mass is 9.96. The van der Waals surface area contributed by atoms with Crippen LogP contribution in [-0.2, 0) is 16.1 Å². The lowest BCUT2D eigenvalue weighted by molar-refractivity contribution is -0.139. The second kappa shape index (κ2) is 12.0. The summed E-state index contributed by atoms with van der Waals surface area (Å²) in [5.74, 6) is -0.160. The minimum atomic E-state index is -0.740. The Morgan fingerprint density at radius 1 is 1.11 bits per heavy atom. The van der Waals surface area contributed by atoms with E-state index in [4.69, 9.17) is 14.5 Å². The largest absolute Gasteiger partial charge is 0.496 e. The molecule has 5 aromatic rings. The smallest absolute Gasteiger partial charge is 0.338 e. The van der Waals surface area contributed by atoms with Gasteiger partial charge in [-0.1, -0.05) is 47.7 Å². The van der Waals surface area contributed by atoms with Crippen LogP contribution in [0.1, 0.15) is 42.3 Å². The number of hydrogen-bond donors (Lipinski definition) is 0. The molecule has 0 fully saturated rings. The summed E-state index contributed by atoms with van der Waals surface area (Å²) in [4.78, 5) is 32.7. The molecule has 0 bridgehead atoms. The number of para-hydroxylation sites is 1. The van der Waals surface area contributed by atoms with Crippen LogP contribution in [0.15, 0.2) is 92.3 Å². The third kappa shape index (κ3) is 5.22. The van der Waals surface area contributed by atoms with Crippen LogP contribution in [0.2, 0.25) is 0 Å². The Balaban J connectivity index is 1.54. The van der Waals surface area contributed by atoms with Crippen molar-refractivity contribution in [2.75, 3.05) is 13.7 Å². The molecule has 2 aromatic heterocycles. The molecule has 0 amide bonds. The summed E-state index contributed by atoms with van der Waals surface area (Å²) in [6.07, 6.45) is 1.91. The molecule has 1 aliphatic rings. The van der Waals surface area contributed by atoms with Crippen molar-refractivity contribution >= 4 is 50.2 Å². The summed E-state index contributed by atoms with van der Waals surface area (Å²) in [5, 5.41) is 0.997. The average Bonchev–Trinajstić information content (AvgIpc) is 3.46. The molecule has 10 heteroatoms. The summed E-state index contributed by atoms with van der Waals surface area (Å²) in [6.45, 7) is 6.28. The summed E-state index contributed by atoms with van der Waals surface area (Å²) in [6, 6.07) is 19.3. The van der Waals surface area contributed by atoms with Gasteiger partial charge in [0.1, 0.15) is 11.6 Å². The lowest BCUT2D eigenvalue weighted by Crippen LogP contribution is -2.40. The van der Waals surface area contributed by atoms with Gasteiger partial charge >= 0.3 is 5.97 Å². The molecule has 6 rings (SSSR count). The van der Waals surface area contributed by atoms with E-state index in [1.54, 1.807) is 43.7 Å². The molecule has 1 aliphatic heterocycles. The number of halogens is 2. The molecule has 0 saturated carbocycles. The highest BCUT2D eigenvalue weighted by molar-refractivity contribution is 9.10. The third-order valence-corrected chi connectivity index (χ3v) is 9.42. The maximum absolute atomic E-state index is 14.2. The van der Waals surface area contributed by atoms with Gasteiger partial charge in [0.15, 0.2) is 4.80 Å². The van der Waals surface area contributed by atoms with Crippen LogP contribution in [-0.4, -0.2) is 28.8 Å². The van der Waals surface area contributed by atoms with Gasteiger partial charge in [-0.25, -0.2) is 14.2 Å². The van der Waals surface area contributed by atoms with Crippen molar-refractivity contribution in [3.8, 4) is 5.75 Å². The number of hydrogen-bond acceptors (Lipinski definition) is 6. The zero-order valence-corrected chi connectivity index (χ0v) is 27.0. The van der Waals surface area contributed by atoms with Crippen LogP contribution in [0.3, 0.4) is 0 Å². The molecule has 7 nitrogen and oxygen atoms in total. The summed E-state index contributed by atoms with van der Waals surface area (Å²) < 4.78 is 29.4. The third-order valence-electron chi connectivity index (χ3n) is 7.82. The van der Waals surface area contributed by atoms with Gasteiger partial charge in [-0.15, -0.1) is 0 Å². The molecule has 3 heterocycles. The van der Waals surface area contributed by atoms with E-state index in [0.717, 1.165) is 33.3 Å². The van der Waals surface area contributed by atoms with E-state index in [2.05, 4.69) is 20.5 Å². The van der Waals surface area contributed by atoms with Gasteiger partial charge in [0.2, 0.25) is 0 Å². The number of carbonyl (C=O) groups is 1. The van der Waals surface area contributed by atoms with E-state index in [1.165, 1.54) is 23.5 Å². The fourth-order valence-corrected chi connectivity index (χ4v) is 7.29. The zero-order chi connectivity index (χ0) is 31.1. The van der Waals surface area contributed by atoms with E-state index in [1.807, 2.05) is 49.4 Å². The molecular formula is C34H29BrFN3O4S. The van der Waals surface area contributed by atoms with Crippen molar-refractivity contribution < 1.29 is 18.7 Å². The molecule has 3 aromatic carbocycles. The molecule has 0 saturated heterocycles. The molecule has 0 radical (unpaired) electrons. The Bertz CT molecular complexity index is 2140. The van der Waals surface area contributed by atoms with Crippen LogP contribution in [0.25, 0.3) is 17.0 Å². The first kappa shape index (κ1) is 29.8. The van der Waals surface area contributed by atoms with Crippen LogP contribution in [0.4, 0.5) is 4.39 Å². The molecule has 0 N–H and O–H groups in total. The van der Waals surface area contributed by atoms with Crippen LogP contribution >= 0.6 is 27.3 Å². The van der Waals surface area contributed by atoms with Gasteiger partial charge in [-0.3, -0.25) is 9.36 Å². The van der Waals surface area contributed by atoms with Crippen molar-refractivity contribution in [1.29, 1.82) is 0 Å².